The summed E-state index contributed by atoms with van der Waals surface area (Å²) in [6.45, 7) is 0. The average Bonchev–Trinajstić information content (AvgIpc) is 3.31. The summed E-state index contributed by atoms with van der Waals surface area (Å²) in [5, 5.41) is 4.77. The molecule has 2 aromatic carbocycles. The minimum atomic E-state index is -0.707. The van der Waals surface area contributed by atoms with E-state index < -0.39 is 12.0 Å². The van der Waals surface area contributed by atoms with Crippen molar-refractivity contribution < 1.29 is 23.5 Å². The number of nitrogens with zero attached hydrogens (tertiary/aromatic N) is 1. The lowest BCUT2D eigenvalue weighted by Gasteiger charge is -2.39. The average molecular weight is 440 g/mol. The Balaban J connectivity index is 1.85. The fraction of sp³-hybridized carbons (Fsp3) is 0.217. The van der Waals surface area contributed by atoms with E-state index in [1.54, 1.807) is 24.1 Å². The molecule has 8 heteroatoms. The second-order valence-electron chi connectivity index (χ2n) is 7.14. The van der Waals surface area contributed by atoms with E-state index in [2.05, 4.69) is 5.32 Å². The summed E-state index contributed by atoms with van der Waals surface area (Å²) in [6.07, 6.45) is 0. The van der Waals surface area contributed by atoms with Gasteiger partial charge in [-0.25, -0.2) is 4.39 Å². The van der Waals surface area contributed by atoms with Crippen LogP contribution in [0.15, 0.2) is 53.9 Å². The molecule has 0 spiro atoms. The van der Waals surface area contributed by atoms with Crippen molar-refractivity contribution in [3.63, 3.8) is 0 Å². The SMILES string of the molecule is COc1cc2c(cc1OC)[C@H](C(=O)Nc1ccc(F)cc1)[C@@H](c1cccs1)N(C)C2=O. The van der Waals surface area contributed by atoms with Crippen molar-refractivity contribution in [1.29, 1.82) is 0 Å². The number of rotatable bonds is 5. The van der Waals surface area contributed by atoms with Crippen LogP contribution in [0.25, 0.3) is 0 Å². The number of ether oxygens (including phenoxy) is 2. The van der Waals surface area contributed by atoms with Gasteiger partial charge in [-0.1, -0.05) is 6.07 Å². The van der Waals surface area contributed by atoms with Crippen molar-refractivity contribution in [2.24, 2.45) is 0 Å². The summed E-state index contributed by atoms with van der Waals surface area (Å²) in [6, 6.07) is 12.2. The molecule has 0 bridgehead atoms. The van der Waals surface area contributed by atoms with Crippen LogP contribution in [0.5, 0.6) is 11.5 Å². The maximum atomic E-state index is 13.5. The fourth-order valence-corrected chi connectivity index (χ4v) is 4.80. The number of fused-ring (bicyclic) bond motifs is 1. The topological polar surface area (TPSA) is 67.9 Å². The molecule has 1 aliphatic heterocycles. The molecular weight excluding hydrogens is 419 g/mol. The lowest BCUT2D eigenvalue weighted by molar-refractivity contribution is -0.119. The zero-order valence-corrected chi connectivity index (χ0v) is 18.0. The molecule has 0 saturated carbocycles. The molecule has 0 saturated heterocycles. The second kappa shape index (κ2) is 8.39. The van der Waals surface area contributed by atoms with Crippen LogP contribution in [0, 0.1) is 5.82 Å². The van der Waals surface area contributed by atoms with Gasteiger partial charge in [-0.15, -0.1) is 11.3 Å². The van der Waals surface area contributed by atoms with Gasteiger partial charge in [0.1, 0.15) is 5.82 Å². The molecule has 31 heavy (non-hydrogen) atoms. The number of amides is 2. The van der Waals surface area contributed by atoms with Crippen LogP contribution in [0.1, 0.15) is 32.8 Å². The highest BCUT2D eigenvalue weighted by atomic mass is 32.1. The van der Waals surface area contributed by atoms with Crippen molar-refractivity contribution in [3.8, 4) is 11.5 Å². The Morgan fingerprint density at radius 1 is 1.10 bits per heavy atom. The molecule has 0 aliphatic carbocycles. The number of halogens is 1. The van der Waals surface area contributed by atoms with Crippen molar-refractivity contribution in [1.82, 2.24) is 4.90 Å². The summed E-state index contributed by atoms with van der Waals surface area (Å²) in [5.74, 6) is -0.766. The van der Waals surface area contributed by atoms with Crippen LogP contribution < -0.4 is 14.8 Å². The molecule has 160 valence electrons. The van der Waals surface area contributed by atoms with Crippen LogP contribution in [0.2, 0.25) is 0 Å². The maximum Gasteiger partial charge on any atom is 0.254 e. The standard InChI is InChI=1S/C23H21FN2O4S/c1-26-21(19-5-4-10-31-19)20(22(27)25-14-8-6-13(24)7-9-14)15-11-17(29-2)18(30-3)12-16(15)23(26)28/h4-12,20-21H,1-3H3,(H,25,27)/t20-,21+/m0/s1. The molecule has 2 heterocycles. The molecule has 4 rings (SSSR count). The summed E-state index contributed by atoms with van der Waals surface area (Å²) in [5.41, 5.74) is 1.41. The third-order valence-corrected chi connectivity index (χ3v) is 6.35. The predicted molar refractivity (Wildman–Crippen MR) is 116 cm³/mol. The number of methoxy groups -OCH3 is 2. The Morgan fingerprint density at radius 2 is 1.77 bits per heavy atom. The molecule has 1 N–H and O–H groups in total. The fourth-order valence-electron chi connectivity index (χ4n) is 3.90. The van der Waals surface area contributed by atoms with E-state index >= 15 is 0 Å². The third kappa shape index (κ3) is 3.74. The van der Waals surface area contributed by atoms with Gasteiger partial charge in [0.2, 0.25) is 5.91 Å². The van der Waals surface area contributed by atoms with Crippen LogP contribution >= 0.6 is 11.3 Å². The van der Waals surface area contributed by atoms with Crippen molar-refractivity contribution >= 4 is 28.8 Å². The molecule has 0 radical (unpaired) electrons. The summed E-state index contributed by atoms with van der Waals surface area (Å²) in [4.78, 5) is 29.2. The molecule has 1 aromatic heterocycles. The van der Waals surface area contributed by atoms with E-state index in [1.165, 1.54) is 49.8 Å². The van der Waals surface area contributed by atoms with Crippen molar-refractivity contribution in [2.45, 2.75) is 12.0 Å². The first kappa shape index (κ1) is 20.9. The highest BCUT2D eigenvalue weighted by Gasteiger charge is 2.44. The molecule has 1 aliphatic rings. The molecule has 0 fully saturated rings. The normalized spacial score (nSPS) is 17.8. The summed E-state index contributed by atoms with van der Waals surface area (Å²) >= 11 is 1.48. The molecule has 3 aromatic rings. The first-order valence-electron chi connectivity index (χ1n) is 9.57. The number of nitrogens with one attached hydrogen (secondary N) is 1. The third-order valence-electron chi connectivity index (χ3n) is 5.40. The van der Waals surface area contributed by atoms with Gasteiger partial charge in [-0.3, -0.25) is 9.59 Å². The summed E-state index contributed by atoms with van der Waals surface area (Å²) in [7, 11) is 4.68. The van der Waals surface area contributed by atoms with E-state index in [0.717, 1.165) is 4.88 Å². The lowest BCUT2D eigenvalue weighted by atomic mass is 9.81. The highest BCUT2D eigenvalue weighted by Crippen LogP contribution is 2.46. The predicted octanol–water partition coefficient (Wildman–Crippen LogP) is 4.45. The Bertz CT molecular complexity index is 1120. The smallest absolute Gasteiger partial charge is 0.254 e. The second-order valence-corrected chi connectivity index (χ2v) is 8.12. The van der Waals surface area contributed by atoms with E-state index in [4.69, 9.17) is 9.47 Å². The number of hydrogen-bond acceptors (Lipinski definition) is 5. The number of carbonyl (C=O) groups is 2. The Hall–Kier alpha value is -3.39. The van der Waals surface area contributed by atoms with E-state index in [1.807, 2.05) is 17.5 Å². The lowest BCUT2D eigenvalue weighted by Crippen LogP contribution is -2.43. The van der Waals surface area contributed by atoms with Gasteiger partial charge in [0, 0.05) is 23.2 Å². The van der Waals surface area contributed by atoms with Crippen LogP contribution in [-0.2, 0) is 4.79 Å². The Kier molecular flexibility index (Phi) is 5.65. The van der Waals surface area contributed by atoms with E-state index in [0.29, 0.717) is 28.3 Å². The maximum absolute atomic E-state index is 13.5. The van der Waals surface area contributed by atoms with Gasteiger partial charge >= 0.3 is 0 Å². The minimum absolute atomic E-state index is 0.208. The summed E-state index contributed by atoms with van der Waals surface area (Å²) < 4.78 is 24.1. The minimum Gasteiger partial charge on any atom is -0.493 e. The Labute approximate surface area is 183 Å². The zero-order valence-electron chi connectivity index (χ0n) is 17.2. The Morgan fingerprint density at radius 3 is 2.39 bits per heavy atom. The highest BCUT2D eigenvalue weighted by molar-refractivity contribution is 7.10. The zero-order chi connectivity index (χ0) is 22.1. The first-order valence-corrected chi connectivity index (χ1v) is 10.5. The van der Waals surface area contributed by atoms with Gasteiger partial charge in [0.05, 0.1) is 26.2 Å². The largest absolute Gasteiger partial charge is 0.493 e. The van der Waals surface area contributed by atoms with Crippen molar-refractivity contribution in [2.75, 3.05) is 26.6 Å². The number of hydrogen-bond donors (Lipinski definition) is 1. The van der Waals surface area contributed by atoms with Crippen LogP contribution in [0.4, 0.5) is 10.1 Å². The van der Waals surface area contributed by atoms with Gasteiger partial charge in [-0.05, 0) is 53.4 Å². The van der Waals surface area contributed by atoms with Gasteiger partial charge in [0.25, 0.3) is 5.91 Å². The van der Waals surface area contributed by atoms with Crippen LogP contribution in [-0.4, -0.2) is 38.0 Å². The van der Waals surface area contributed by atoms with Gasteiger partial charge < -0.3 is 19.7 Å². The molecular formula is C23H21FN2O4S. The number of anilines is 1. The quantitative estimate of drug-likeness (QED) is 0.636. The molecule has 6 nitrogen and oxygen atoms in total. The monoisotopic (exact) mass is 440 g/mol. The van der Waals surface area contributed by atoms with E-state index in [-0.39, 0.29) is 17.6 Å². The molecule has 2 atom stereocenters. The number of thiophene rings is 1. The van der Waals surface area contributed by atoms with E-state index in [9.17, 15) is 14.0 Å². The van der Waals surface area contributed by atoms with Gasteiger partial charge in [-0.2, -0.15) is 0 Å². The number of benzene rings is 2. The number of carbonyl (C=O) groups excluding carboxylic acids is 2. The molecule has 2 amide bonds. The van der Waals surface area contributed by atoms with Gasteiger partial charge in [0.15, 0.2) is 11.5 Å². The van der Waals surface area contributed by atoms with Crippen LogP contribution in [0.3, 0.4) is 0 Å². The number of likely N-dealkylation sites (N-methyl/N-ethyl adjacent to an activating group) is 1. The first-order chi connectivity index (χ1) is 14.9. The van der Waals surface area contributed by atoms with Crippen molar-refractivity contribution in [3.05, 3.63) is 75.7 Å². The molecule has 0 unspecified atom stereocenters.